The predicted molar refractivity (Wildman–Crippen MR) is 134 cm³/mol. The Balaban J connectivity index is 1.13. The summed E-state index contributed by atoms with van der Waals surface area (Å²) in [5.74, 6) is 2.86. The number of aryl methyl sites for hydroxylation is 1. The van der Waals surface area contributed by atoms with Crippen molar-refractivity contribution < 1.29 is 9.47 Å². The van der Waals surface area contributed by atoms with Gasteiger partial charge in [-0.15, -0.1) is 5.10 Å². The molecule has 0 aliphatic rings. The molecule has 0 spiro atoms. The van der Waals surface area contributed by atoms with E-state index in [9.17, 15) is 0 Å². The molecule has 35 heavy (non-hydrogen) atoms. The Morgan fingerprint density at radius 2 is 1.69 bits per heavy atom. The zero-order valence-corrected chi connectivity index (χ0v) is 19.6. The van der Waals surface area contributed by atoms with Gasteiger partial charge in [0.1, 0.15) is 30.5 Å². The molecule has 176 valence electrons. The predicted octanol–water partition coefficient (Wildman–Crippen LogP) is 5.64. The van der Waals surface area contributed by atoms with E-state index in [0.717, 1.165) is 52.3 Å². The summed E-state index contributed by atoms with van der Waals surface area (Å²) in [7, 11) is 0. The molecule has 3 aromatic carbocycles. The van der Waals surface area contributed by atoms with Gasteiger partial charge in [0.25, 0.3) is 0 Å². The van der Waals surface area contributed by atoms with Crippen molar-refractivity contribution >= 4 is 10.9 Å². The van der Waals surface area contributed by atoms with Gasteiger partial charge in [0, 0.05) is 11.8 Å². The number of H-pyrrole nitrogens is 1. The Hall–Kier alpha value is -4.26. The van der Waals surface area contributed by atoms with Crippen LogP contribution < -0.4 is 9.47 Å². The van der Waals surface area contributed by atoms with Crippen molar-refractivity contribution in [3.63, 3.8) is 0 Å². The number of nitrogens with one attached hydrogen (secondary N) is 1. The fraction of sp³-hybridized carbons (Fsp3) is 0.214. The normalized spacial score (nSPS) is 11.9. The van der Waals surface area contributed by atoms with Crippen molar-refractivity contribution in [3.05, 3.63) is 108 Å². The Morgan fingerprint density at radius 3 is 2.54 bits per heavy atom. The first-order chi connectivity index (χ1) is 17.2. The highest BCUT2D eigenvalue weighted by atomic mass is 16.5. The van der Waals surface area contributed by atoms with Gasteiger partial charge in [0.05, 0.1) is 11.2 Å². The highest BCUT2D eigenvalue weighted by Crippen LogP contribution is 2.24. The number of benzene rings is 3. The summed E-state index contributed by atoms with van der Waals surface area (Å²) in [4.78, 5) is 4.67. The third-order valence-electron chi connectivity index (χ3n) is 6.00. The van der Waals surface area contributed by atoms with Crippen LogP contribution >= 0.6 is 0 Å². The van der Waals surface area contributed by atoms with Crippen LogP contribution in [0.15, 0.2) is 84.9 Å². The van der Waals surface area contributed by atoms with Crippen LogP contribution in [0, 0.1) is 0 Å². The number of hydrogen-bond acceptors (Lipinski definition) is 6. The number of ether oxygens (including phenoxy) is 2. The van der Waals surface area contributed by atoms with Gasteiger partial charge < -0.3 is 9.47 Å². The number of nitrogens with zero attached hydrogens (tertiary/aromatic N) is 4. The van der Waals surface area contributed by atoms with Crippen molar-refractivity contribution in [3.8, 4) is 11.5 Å². The molecule has 1 N–H and O–H groups in total. The lowest BCUT2D eigenvalue weighted by molar-refractivity contribution is 0.293. The maximum absolute atomic E-state index is 6.01. The van der Waals surface area contributed by atoms with Crippen LogP contribution in [0.1, 0.15) is 41.9 Å². The van der Waals surface area contributed by atoms with Gasteiger partial charge in [-0.05, 0) is 70.3 Å². The molecule has 0 amide bonds. The van der Waals surface area contributed by atoms with Crippen molar-refractivity contribution in [1.29, 1.82) is 0 Å². The smallest absolute Gasteiger partial charge is 0.148 e. The molecule has 0 saturated heterocycles. The first-order valence-corrected chi connectivity index (χ1v) is 11.7. The zero-order chi connectivity index (χ0) is 23.9. The number of aromatic amines is 1. The lowest BCUT2D eigenvalue weighted by atomic mass is 9.96. The van der Waals surface area contributed by atoms with Crippen LogP contribution in [-0.4, -0.2) is 25.6 Å². The van der Waals surface area contributed by atoms with E-state index in [-0.39, 0.29) is 0 Å². The summed E-state index contributed by atoms with van der Waals surface area (Å²) in [6, 6.07) is 28.4. The third kappa shape index (κ3) is 6.00. The van der Waals surface area contributed by atoms with E-state index in [4.69, 9.17) is 9.47 Å². The van der Waals surface area contributed by atoms with Crippen LogP contribution in [0.4, 0.5) is 0 Å². The highest BCUT2D eigenvalue weighted by molar-refractivity contribution is 5.78. The number of tetrazole rings is 1. The largest absolute Gasteiger partial charge is 0.489 e. The first kappa shape index (κ1) is 22.5. The molecule has 7 heteroatoms. The van der Waals surface area contributed by atoms with Crippen LogP contribution in [0.3, 0.4) is 0 Å². The monoisotopic (exact) mass is 465 g/mol. The molecule has 0 aliphatic heterocycles. The fourth-order valence-corrected chi connectivity index (χ4v) is 3.93. The van der Waals surface area contributed by atoms with Gasteiger partial charge in [-0.3, -0.25) is 0 Å². The SMILES string of the molecule is CC(CCc1nnn[nH]1)c1ccc(OCc2cccc(OCc3ccc4ccccc4n3)c2)cc1. The van der Waals surface area contributed by atoms with Gasteiger partial charge in [-0.2, -0.15) is 0 Å². The number of hydrogen-bond donors (Lipinski definition) is 1. The molecule has 5 rings (SSSR count). The molecule has 0 saturated carbocycles. The minimum atomic E-state index is 0.403. The molecule has 1 unspecified atom stereocenters. The minimum Gasteiger partial charge on any atom is -0.489 e. The van der Waals surface area contributed by atoms with E-state index in [1.807, 2.05) is 60.7 Å². The van der Waals surface area contributed by atoms with Gasteiger partial charge in [-0.25, -0.2) is 10.1 Å². The fourth-order valence-electron chi connectivity index (χ4n) is 3.93. The number of rotatable bonds is 10. The summed E-state index contributed by atoms with van der Waals surface area (Å²) < 4.78 is 12.0. The van der Waals surface area contributed by atoms with E-state index in [2.05, 4.69) is 56.8 Å². The Kier molecular flexibility index (Phi) is 6.94. The van der Waals surface area contributed by atoms with E-state index < -0.39 is 0 Å². The number of fused-ring (bicyclic) bond motifs is 1. The van der Waals surface area contributed by atoms with Crippen molar-refractivity contribution in [1.82, 2.24) is 25.6 Å². The molecular weight excluding hydrogens is 438 g/mol. The number of aromatic nitrogens is 5. The molecule has 2 aromatic heterocycles. The molecule has 0 fully saturated rings. The second kappa shape index (κ2) is 10.8. The number of pyridine rings is 1. The van der Waals surface area contributed by atoms with Gasteiger partial charge >= 0.3 is 0 Å². The average Bonchev–Trinajstić information content (AvgIpc) is 3.44. The second-order valence-electron chi connectivity index (χ2n) is 8.58. The minimum absolute atomic E-state index is 0.403. The maximum atomic E-state index is 6.01. The molecule has 1 atom stereocenters. The van der Waals surface area contributed by atoms with Crippen LogP contribution in [0.25, 0.3) is 10.9 Å². The lowest BCUT2D eigenvalue weighted by Crippen LogP contribution is -2.00. The Bertz CT molecular complexity index is 1370. The summed E-state index contributed by atoms with van der Waals surface area (Å²) in [6.45, 7) is 3.10. The van der Waals surface area contributed by atoms with Gasteiger partial charge in [-0.1, -0.05) is 55.5 Å². The third-order valence-corrected chi connectivity index (χ3v) is 6.00. The first-order valence-electron chi connectivity index (χ1n) is 11.7. The molecule has 5 aromatic rings. The van der Waals surface area contributed by atoms with E-state index >= 15 is 0 Å². The quantitative estimate of drug-likeness (QED) is 0.287. The zero-order valence-electron chi connectivity index (χ0n) is 19.6. The van der Waals surface area contributed by atoms with E-state index in [0.29, 0.717) is 19.1 Å². The van der Waals surface area contributed by atoms with E-state index in [1.165, 1.54) is 5.56 Å². The van der Waals surface area contributed by atoms with Crippen LogP contribution in [0.2, 0.25) is 0 Å². The summed E-state index contributed by atoms with van der Waals surface area (Å²) in [5.41, 5.74) is 4.19. The van der Waals surface area contributed by atoms with E-state index in [1.54, 1.807) is 0 Å². The average molecular weight is 466 g/mol. The molecule has 2 heterocycles. The molecule has 0 bridgehead atoms. The maximum Gasteiger partial charge on any atom is 0.148 e. The topological polar surface area (TPSA) is 85.8 Å². The van der Waals surface area contributed by atoms with Crippen molar-refractivity contribution in [2.24, 2.45) is 0 Å². The van der Waals surface area contributed by atoms with Crippen molar-refractivity contribution in [2.45, 2.75) is 38.9 Å². The Labute approximate surface area is 204 Å². The van der Waals surface area contributed by atoms with Gasteiger partial charge in [0.15, 0.2) is 0 Å². The second-order valence-corrected chi connectivity index (χ2v) is 8.58. The van der Waals surface area contributed by atoms with Crippen LogP contribution in [-0.2, 0) is 19.6 Å². The lowest BCUT2D eigenvalue weighted by Gasteiger charge is -2.13. The van der Waals surface area contributed by atoms with Crippen molar-refractivity contribution in [2.75, 3.05) is 0 Å². The summed E-state index contributed by atoms with van der Waals surface area (Å²) in [6.07, 6.45) is 1.79. The molecule has 0 radical (unpaired) electrons. The highest BCUT2D eigenvalue weighted by Gasteiger charge is 2.08. The summed E-state index contributed by atoms with van der Waals surface area (Å²) >= 11 is 0. The summed E-state index contributed by atoms with van der Waals surface area (Å²) in [5, 5.41) is 15.1. The Morgan fingerprint density at radius 1 is 0.829 bits per heavy atom. The van der Waals surface area contributed by atoms with Gasteiger partial charge in [0.2, 0.25) is 0 Å². The van der Waals surface area contributed by atoms with Crippen LogP contribution in [0.5, 0.6) is 11.5 Å². The standard InChI is InChI=1S/C28H27N5O2/c1-20(9-16-28-30-32-33-31-28)22-11-14-25(15-12-22)34-18-21-5-4-7-26(17-21)35-19-24-13-10-23-6-2-3-8-27(23)29-24/h2-8,10-15,17,20H,9,16,18-19H2,1H3,(H,30,31,32,33). The molecule has 7 nitrogen and oxygen atoms in total. The molecule has 0 aliphatic carbocycles. The number of para-hydroxylation sites is 1. The molecular formula is C28H27N5O2.